The van der Waals surface area contributed by atoms with Gasteiger partial charge in [0.05, 0.1) is 0 Å². The SMILES string of the molecule is CC.CC=N/C(C)=C\C.CCCC1CCCCN1C(=O)OC(C)(C)C. The van der Waals surface area contributed by atoms with Crippen LogP contribution < -0.4 is 0 Å². The first-order chi connectivity index (χ1) is 11.7. The molecule has 1 aliphatic heterocycles. The second kappa shape index (κ2) is 15.0. The number of hydrogen-bond donors (Lipinski definition) is 0. The lowest BCUT2D eigenvalue weighted by atomic mass is 9.99. The zero-order chi connectivity index (χ0) is 19.9. The molecule has 4 heteroatoms. The van der Waals surface area contributed by atoms with Gasteiger partial charge in [0.25, 0.3) is 0 Å². The minimum absolute atomic E-state index is 0.134. The van der Waals surface area contributed by atoms with Gasteiger partial charge in [0, 0.05) is 24.5 Å². The molecule has 1 fully saturated rings. The molecule has 0 aromatic carbocycles. The van der Waals surface area contributed by atoms with E-state index in [2.05, 4.69) is 11.9 Å². The Hall–Kier alpha value is -1.32. The van der Waals surface area contributed by atoms with Crippen molar-refractivity contribution >= 4 is 12.3 Å². The van der Waals surface area contributed by atoms with Gasteiger partial charge in [-0.05, 0) is 67.2 Å². The average molecular weight is 355 g/mol. The summed E-state index contributed by atoms with van der Waals surface area (Å²) in [7, 11) is 0. The van der Waals surface area contributed by atoms with Gasteiger partial charge in [-0.2, -0.15) is 0 Å². The fraction of sp³-hybridized carbons (Fsp3) is 0.810. The van der Waals surface area contributed by atoms with E-state index in [4.69, 9.17) is 4.74 Å². The summed E-state index contributed by atoms with van der Waals surface area (Å²) in [4.78, 5) is 17.9. The molecule has 1 atom stereocenters. The van der Waals surface area contributed by atoms with Crippen LogP contribution in [0.5, 0.6) is 0 Å². The molecule has 1 unspecified atom stereocenters. The van der Waals surface area contributed by atoms with Crippen LogP contribution in [0.4, 0.5) is 4.79 Å². The Morgan fingerprint density at radius 2 is 1.84 bits per heavy atom. The van der Waals surface area contributed by atoms with Gasteiger partial charge >= 0.3 is 6.09 Å². The number of amides is 1. The molecule has 4 nitrogen and oxygen atoms in total. The molecule has 0 aromatic rings. The smallest absolute Gasteiger partial charge is 0.410 e. The Morgan fingerprint density at radius 3 is 2.24 bits per heavy atom. The van der Waals surface area contributed by atoms with Crippen LogP contribution in [0.1, 0.15) is 94.4 Å². The molecule has 1 heterocycles. The van der Waals surface area contributed by atoms with E-state index in [1.807, 2.05) is 66.4 Å². The molecule has 0 bridgehead atoms. The lowest BCUT2D eigenvalue weighted by Crippen LogP contribution is -2.46. The number of hydrogen-bond acceptors (Lipinski definition) is 3. The van der Waals surface area contributed by atoms with E-state index in [1.165, 1.54) is 6.42 Å². The Morgan fingerprint density at radius 1 is 1.24 bits per heavy atom. The van der Waals surface area contributed by atoms with Crippen LogP contribution in [-0.2, 0) is 4.74 Å². The first-order valence-corrected chi connectivity index (χ1v) is 9.86. The maximum atomic E-state index is 12.0. The zero-order valence-corrected chi connectivity index (χ0v) is 18.2. The second-order valence-corrected chi connectivity index (χ2v) is 6.93. The van der Waals surface area contributed by atoms with Gasteiger partial charge in [-0.25, -0.2) is 4.79 Å². The predicted molar refractivity (Wildman–Crippen MR) is 110 cm³/mol. The third kappa shape index (κ3) is 13.6. The van der Waals surface area contributed by atoms with Crippen LogP contribution in [0, 0.1) is 0 Å². The molecule has 0 spiro atoms. The predicted octanol–water partition coefficient (Wildman–Crippen LogP) is 6.60. The van der Waals surface area contributed by atoms with Crippen LogP contribution in [0.2, 0.25) is 0 Å². The standard InChI is InChI=1S/C13H25NO2.C6H11N.C2H6/c1-5-8-11-9-6-7-10-14(11)12(15)16-13(2,3)4;1-4-6(3)7-5-2;1-2/h11H,5-10H2,1-4H3;4-5H,1-3H3;1-2H3/b;6-4-,7-5?;. The van der Waals surface area contributed by atoms with E-state index >= 15 is 0 Å². The lowest BCUT2D eigenvalue weighted by Gasteiger charge is -2.36. The average Bonchev–Trinajstić information content (AvgIpc) is 2.56. The molecule has 0 N–H and O–H groups in total. The third-order valence-corrected chi connectivity index (χ3v) is 3.63. The van der Waals surface area contributed by atoms with Crippen molar-refractivity contribution in [2.24, 2.45) is 4.99 Å². The Balaban J connectivity index is 0. The third-order valence-electron chi connectivity index (χ3n) is 3.63. The molecule has 1 amide bonds. The van der Waals surface area contributed by atoms with Gasteiger partial charge < -0.3 is 9.64 Å². The summed E-state index contributed by atoms with van der Waals surface area (Å²) in [6.07, 6.45) is 9.33. The minimum atomic E-state index is -0.384. The van der Waals surface area contributed by atoms with E-state index < -0.39 is 0 Å². The van der Waals surface area contributed by atoms with Crippen molar-refractivity contribution in [3.8, 4) is 0 Å². The fourth-order valence-electron chi connectivity index (χ4n) is 2.47. The quantitative estimate of drug-likeness (QED) is 0.535. The second-order valence-electron chi connectivity index (χ2n) is 6.93. The molecule has 1 saturated heterocycles. The molecule has 1 rings (SSSR count). The van der Waals surface area contributed by atoms with Crippen LogP contribution in [0.3, 0.4) is 0 Å². The summed E-state index contributed by atoms with van der Waals surface area (Å²) in [6, 6.07) is 0.397. The van der Waals surface area contributed by atoms with E-state index in [9.17, 15) is 4.79 Å². The number of aliphatic imine (C=N–C) groups is 1. The molecule has 0 aromatic heterocycles. The minimum Gasteiger partial charge on any atom is -0.444 e. The van der Waals surface area contributed by atoms with Crippen molar-refractivity contribution in [2.75, 3.05) is 6.54 Å². The molecule has 0 aliphatic carbocycles. The topological polar surface area (TPSA) is 41.9 Å². The normalized spacial score (nSPS) is 18.0. The van der Waals surface area contributed by atoms with E-state index in [0.29, 0.717) is 6.04 Å². The highest BCUT2D eigenvalue weighted by atomic mass is 16.6. The van der Waals surface area contributed by atoms with Crippen molar-refractivity contribution < 1.29 is 9.53 Å². The first-order valence-electron chi connectivity index (χ1n) is 9.86. The number of piperidine rings is 1. The number of allylic oxidation sites excluding steroid dienone is 2. The summed E-state index contributed by atoms with van der Waals surface area (Å²) in [5.74, 6) is 0. The van der Waals surface area contributed by atoms with Crippen molar-refractivity contribution in [3.63, 3.8) is 0 Å². The van der Waals surface area contributed by atoms with Crippen LogP contribution in [-0.4, -0.2) is 35.4 Å². The van der Waals surface area contributed by atoms with Crippen molar-refractivity contribution in [2.45, 2.75) is 106 Å². The summed E-state index contributed by atoms with van der Waals surface area (Å²) in [5.41, 5.74) is 0.688. The number of nitrogens with zero attached hydrogens (tertiary/aromatic N) is 2. The van der Waals surface area contributed by atoms with E-state index in [1.54, 1.807) is 6.21 Å². The summed E-state index contributed by atoms with van der Waals surface area (Å²) >= 11 is 0. The number of ether oxygens (including phenoxy) is 1. The number of carbonyl (C=O) groups is 1. The van der Waals surface area contributed by atoms with Gasteiger partial charge in [0.2, 0.25) is 0 Å². The molecule has 0 radical (unpaired) electrons. The van der Waals surface area contributed by atoms with Gasteiger partial charge in [0.1, 0.15) is 5.60 Å². The van der Waals surface area contributed by atoms with Crippen molar-refractivity contribution in [3.05, 3.63) is 11.8 Å². The molecular weight excluding hydrogens is 312 g/mol. The Bertz CT molecular complexity index is 393. The lowest BCUT2D eigenvalue weighted by molar-refractivity contribution is 0.00881. The monoisotopic (exact) mass is 354 g/mol. The number of likely N-dealkylation sites (tertiary alicyclic amines) is 1. The summed E-state index contributed by atoms with van der Waals surface area (Å²) in [5, 5.41) is 0. The maximum Gasteiger partial charge on any atom is 0.410 e. The van der Waals surface area contributed by atoms with Gasteiger partial charge in [0.15, 0.2) is 0 Å². The van der Waals surface area contributed by atoms with Crippen LogP contribution in [0.15, 0.2) is 16.8 Å². The van der Waals surface area contributed by atoms with E-state index in [-0.39, 0.29) is 11.7 Å². The number of carbonyl (C=O) groups excluding carboxylic acids is 1. The Kier molecular flexibility index (Phi) is 15.5. The molecule has 1 aliphatic rings. The van der Waals surface area contributed by atoms with Crippen molar-refractivity contribution in [1.29, 1.82) is 0 Å². The molecular formula is C21H42N2O2. The van der Waals surface area contributed by atoms with Crippen LogP contribution >= 0.6 is 0 Å². The number of rotatable bonds is 3. The highest BCUT2D eigenvalue weighted by Crippen LogP contribution is 2.23. The molecule has 25 heavy (non-hydrogen) atoms. The summed E-state index contributed by atoms with van der Waals surface area (Å²) in [6.45, 7) is 18.6. The maximum absolute atomic E-state index is 12.0. The largest absolute Gasteiger partial charge is 0.444 e. The van der Waals surface area contributed by atoms with Gasteiger partial charge in [-0.15, -0.1) is 0 Å². The van der Waals surface area contributed by atoms with Gasteiger partial charge in [-0.1, -0.05) is 33.3 Å². The highest BCUT2D eigenvalue weighted by molar-refractivity contribution is 5.68. The molecule has 148 valence electrons. The fourth-order valence-corrected chi connectivity index (χ4v) is 2.47. The Labute approximate surface area is 156 Å². The van der Waals surface area contributed by atoms with Crippen LogP contribution in [0.25, 0.3) is 0 Å². The van der Waals surface area contributed by atoms with E-state index in [0.717, 1.165) is 37.9 Å². The van der Waals surface area contributed by atoms with Crippen molar-refractivity contribution in [1.82, 2.24) is 4.90 Å². The zero-order valence-electron chi connectivity index (χ0n) is 18.2. The molecule has 0 saturated carbocycles. The summed E-state index contributed by atoms with van der Waals surface area (Å²) < 4.78 is 5.44. The van der Waals surface area contributed by atoms with Gasteiger partial charge in [-0.3, -0.25) is 4.99 Å². The first kappa shape index (κ1) is 25.9. The highest BCUT2D eigenvalue weighted by Gasteiger charge is 2.29.